The fraction of sp³-hybridized carbons (Fsp3) is 0.182. The van der Waals surface area contributed by atoms with E-state index in [0.717, 1.165) is 0 Å². The van der Waals surface area contributed by atoms with Gasteiger partial charge in [-0.25, -0.2) is 4.98 Å². The minimum absolute atomic E-state index is 0.282. The number of carbonyl (C=O) groups excluding carboxylic acids is 1. The van der Waals surface area contributed by atoms with Gasteiger partial charge < -0.3 is 15.2 Å². The van der Waals surface area contributed by atoms with Crippen LogP contribution in [-0.2, 0) is 0 Å². The van der Waals surface area contributed by atoms with Gasteiger partial charge in [-0.1, -0.05) is 5.16 Å². The Bertz CT molecular complexity index is 536. The van der Waals surface area contributed by atoms with Gasteiger partial charge in [0.05, 0.1) is 5.56 Å². The van der Waals surface area contributed by atoms with Crippen LogP contribution in [-0.4, -0.2) is 23.1 Å². The van der Waals surface area contributed by atoms with E-state index in [2.05, 4.69) is 20.8 Å². The Kier molecular flexibility index (Phi) is 3.04. The molecule has 0 saturated carbocycles. The number of nitrogens with zero attached hydrogens (tertiary/aromatic N) is 2. The van der Waals surface area contributed by atoms with Gasteiger partial charge >= 0.3 is 0 Å². The van der Waals surface area contributed by atoms with Crippen molar-refractivity contribution in [2.24, 2.45) is 0 Å². The first-order valence-corrected chi connectivity index (χ1v) is 5.08. The number of hydrogen-bond donors (Lipinski definition) is 2. The highest BCUT2D eigenvalue weighted by Gasteiger charge is 2.12. The van der Waals surface area contributed by atoms with Crippen LogP contribution in [0.5, 0.6) is 0 Å². The van der Waals surface area contributed by atoms with Crippen LogP contribution in [0.1, 0.15) is 16.1 Å². The van der Waals surface area contributed by atoms with Crippen molar-refractivity contribution < 1.29 is 9.32 Å². The van der Waals surface area contributed by atoms with Crippen LogP contribution in [0.3, 0.4) is 0 Å². The van der Waals surface area contributed by atoms with Crippen LogP contribution in [0.15, 0.2) is 28.9 Å². The summed E-state index contributed by atoms with van der Waals surface area (Å²) in [6.45, 7) is 1.76. The molecule has 6 nitrogen and oxygen atoms in total. The number of pyridine rings is 1. The van der Waals surface area contributed by atoms with Gasteiger partial charge in [0.15, 0.2) is 5.82 Å². The maximum absolute atomic E-state index is 11.9. The lowest BCUT2D eigenvalue weighted by Crippen LogP contribution is -2.14. The van der Waals surface area contributed by atoms with Crippen LogP contribution in [0, 0.1) is 6.92 Å². The van der Waals surface area contributed by atoms with Crippen molar-refractivity contribution in [1.82, 2.24) is 10.1 Å². The van der Waals surface area contributed by atoms with E-state index in [4.69, 9.17) is 4.52 Å². The second-order valence-electron chi connectivity index (χ2n) is 3.43. The van der Waals surface area contributed by atoms with E-state index in [1.54, 1.807) is 38.4 Å². The lowest BCUT2D eigenvalue weighted by molar-refractivity contribution is 0.102. The number of carbonyl (C=O) groups is 1. The quantitative estimate of drug-likeness (QED) is 0.841. The zero-order chi connectivity index (χ0) is 12.3. The summed E-state index contributed by atoms with van der Waals surface area (Å²) in [7, 11) is 1.71. The SMILES string of the molecule is CNc1ncccc1C(=O)Nc1cc(C)on1. The molecule has 0 aromatic carbocycles. The van der Waals surface area contributed by atoms with Gasteiger partial charge in [-0.3, -0.25) is 4.79 Å². The fourth-order valence-electron chi connectivity index (χ4n) is 1.40. The summed E-state index contributed by atoms with van der Waals surface area (Å²) in [6.07, 6.45) is 1.61. The zero-order valence-corrected chi connectivity index (χ0v) is 9.52. The van der Waals surface area contributed by atoms with Crippen LogP contribution in [0.2, 0.25) is 0 Å². The normalized spacial score (nSPS) is 10.0. The van der Waals surface area contributed by atoms with Crippen molar-refractivity contribution in [2.75, 3.05) is 17.7 Å². The maximum atomic E-state index is 11.9. The molecule has 0 aliphatic heterocycles. The van der Waals surface area contributed by atoms with E-state index < -0.39 is 0 Å². The lowest BCUT2D eigenvalue weighted by Gasteiger charge is -2.06. The molecule has 0 aliphatic carbocycles. The molecular formula is C11H12N4O2. The summed E-state index contributed by atoms with van der Waals surface area (Å²) >= 11 is 0. The number of nitrogens with one attached hydrogen (secondary N) is 2. The summed E-state index contributed by atoms with van der Waals surface area (Å²) in [5.74, 6) is 1.26. The number of anilines is 2. The molecule has 2 aromatic heterocycles. The zero-order valence-electron chi connectivity index (χ0n) is 9.52. The number of aromatic nitrogens is 2. The highest BCUT2D eigenvalue weighted by Crippen LogP contribution is 2.14. The monoisotopic (exact) mass is 232 g/mol. The van der Waals surface area contributed by atoms with Crippen molar-refractivity contribution in [3.8, 4) is 0 Å². The Morgan fingerprint density at radius 3 is 2.94 bits per heavy atom. The molecule has 0 fully saturated rings. The molecule has 2 N–H and O–H groups in total. The third-order valence-corrected chi connectivity index (χ3v) is 2.16. The van der Waals surface area contributed by atoms with E-state index in [-0.39, 0.29) is 5.91 Å². The Hall–Kier alpha value is -2.37. The lowest BCUT2D eigenvalue weighted by atomic mass is 10.2. The summed E-state index contributed by atoms with van der Waals surface area (Å²) < 4.78 is 4.86. The predicted molar refractivity (Wildman–Crippen MR) is 63.0 cm³/mol. The first-order valence-electron chi connectivity index (χ1n) is 5.08. The average Bonchev–Trinajstić information content (AvgIpc) is 2.74. The summed E-state index contributed by atoms with van der Waals surface area (Å²) in [5.41, 5.74) is 0.454. The van der Waals surface area contributed by atoms with Crippen LogP contribution in [0.4, 0.5) is 11.6 Å². The number of aryl methyl sites for hydroxylation is 1. The standard InChI is InChI=1S/C11H12N4O2/c1-7-6-9(15-17-7)14-11(16)8-4-3-5-13-10(8)12-2/h3-6H,1-2H3,(H,12,13)(H,14,15,16). The molecule has 88 valence electrons. The Morgan fingerprint density at radius 1 is 1.47 bits per heavy atom. The van der Waals surface area contributed by atoms with Gasteiger partial charge in [0.2, 0.25) is 0 Å². The van der Waals surface area contributed by atoms with E-state index in [9.17, 15) is 4.79 Å². The van der Waals surface area contributed by atoms with Crippen molar-refractivity contribution in [1.29, 1.82) is 0 Å². The van der Waals surface area contributed by atoms with Crippen molar-refractivity contribution in [3.63, 3.8) is 0 Å². The summed E-state index contributed by atoms with van der Waals surface area (Å²) in [6, 6.07) is 5.03. The second-order valence-corrected chi connectivity index (χ2v) is 3.43. The highest BCUT2D eigenvalue weighted by atomic mass is 16.5. The third kappa shape index (κ3) is 2.41. The smallest absolute Gasteiger partial charge is 0.260 e. The number of hydrogen-bond acceptors (Lipinski definition) is 5. The van der Waals surface area contributed by atoms with Crippen molar-refractivity contribution >= 4 is 17.5 Å². The van der Waals surface area contributed by atoms with Crippen LogP contribution in [0.25, 0.3) is 0 Å². The molecule has 0 aliphatic rings. The third-order valence-electron chi connectivity index (χ3n) is 2.16. The predicted octanol–water partition coefficient (Wildman–Crippen LogP) is 1.67. The van der Waals surface area contributed by atoms with Crippen LogP contribution >= 0.6 is 0 Å². The molecular weight excluding hydrogens is 220 g/mol. The molecule has 2 rings (SSSR count). The van der Waals surface area contributed by atoms with E-state index >= 15 is 0 Å². The molecule has 17 heavy (non-hydrogen) atoms. The molecule has 0 bridgehead atoms. The maximum Gasteiger partial charge on any atom is 0.260 e. The van der Waals surface area contributed by atoms with E-state index in [1.807, 2.05) is 0 Å². The van der Waals surface area contributed by atoms with Gasteiger partial charge in [-0.2, -0.15) is 0 Å². The largest absolute Gasteiger partial charge is 0.372 e. The summed E-state index contributed by atoms with van der Waals surface area (Å²) in [5, 5.41) is 9.17. The highest BCUT2D eigenvalue weighted by molar-refractivity contribution is 6.06. The van der Waals surface area contributed by atoms with E-state index in [1.165, 1.54) is 0 Å². The Labute approximate surface area is 98.0 Å². The molecule has 2 heterocycles. The molecule has 1 amide bonds. The van der Waals surface area contributed by atoms with Gasteiger partial charge in [-0.05, 0) is 19.1 Å². The van der Waals surface area contributed by atoms with Crippen LogP contribution < -0.4 is 10.6 Å². The van der Waals surface area contributed by atoms with Gasteiger partial charge in [0.25, 0.3) is 5.91 Å². The first kappa shape index (κ1) is 11.1. The van der Waals surface area contributed by atoms with E-state index in [0.29, 0.717) is 23.0 Å². The molecule has 0 saturated heterocycles. The Balaban J connectivity index is 2.20. The number of rotatable bonds is 3. The molecule has 0 spiro atoms. The fourth-order valence-corrected chi connectivity index (χ4v) is 1.40. The second kappa shape index (κ2) is 4.65. The molecule has 2 aromatic rings. The van der Waals surface area contributed by atoms with Gasteiger partial charge in [0.1, 0.15) is 11.6 Å². The minimum atomic E-state index is -0.282. The molecule has 0 atom stereocenters. The van der Waals surface area contributed by atoms with Crippen molar-refractivity contribution in [3.05, 3.63) is 35.7 Å². The molecule has 0 radical (unpaired) electrons. The van der Waals surface area contributed by atoms with Gasteiger partial charge in [-0.15, -0.1) is 0 Å². The average molecular weight is 232 g/mol. The number of amides is 1. The Morgan fingerprint density at radius 2 is 2.29 bits per heavy atom. The summed E-state index contributed by atoms with van der Waals surface area (Å²) in [4.78, 5) is 16.0. The van der Waals surface area contributed by atoms with Crippen molar-refractivity contribution in [2.45, 2.75) is 6.92 Å². The molecule has 0 unspecified atom stereocenters. The molecule has 6 heteroatoms. The minimum Gasteiger partial charge on any atom is -0.372 e. The van der Waals surface area contributed by atoms with Gasteiger partial charge in [0, 0.05) is 19.3 Å². The topological polar surface area (TPSA) is 80.0 Å². The first-order chi connectivity index (χ1) is 8.20.